The van der Waals surface area contributed by atoms with Crippen LogP contribution in [0.15, 0.2) is 35.5 Å². The van der Waals surface area contributed by atoms with Crippen LogP contribution >= 0.6 is 0 Å². The minimum atomic E-state index is -0.363. The number of allylic oxidation sites excluding steroid dienone is 2. The van der Waals surface area contributed by atoms with E-state index in [1.807, 2.05) is 31.2 Å². The number of likely N-dealkylation sites (tertiary alicyclic amines) is 1. The minimum absolute atomic E-state index is 0.0303. The van der Waals surface area contributed by atoms with Crippen LogP contribution in [0, 0.1) is 5.92 Å². The summed E-state index contributed by atoms with van der Waals surface area (Å²) in [6.07, 6.45) is 0.662. The maximum atomic E-state index is 12.5. The zero-order valence-electron chi connectivity index (χ0n) is 11.5. The van der Waals surface area contributed by atoms with Gasteiger partial charge in [-0.15, -0.1) is 0 Å². The van der Waals surface area contributed by atoms with Gasteiger partial charge in [-0.25, -0.2) is 4.79 Å². The van der Waals surface area contributed by atoms with E-state index in [1.54, 1.807) is 4.90 Å². The number of nitrogens with zero attached hydrogens (tertiary/aromatic N) is 1. The predicted molar refractivity (Wildman–Crippen MR) is 72.4 cm³/mol. The van der Waals surface area contributed by atoms with Gasteiger partial charge in [0, 0.05) is 28.8 Å². The number of hydrogen-bond donors (Lipinski definition) is 0. The molecule has 1 saturated carbocycles. The summed E-state index contributed by atoms with van der Waals surface area (Å²) in [6, 6.07) is 7.79. The van der Waals surface area contributed by atoms with Gasteiger partial charge in [-0.2, -0.15) is 0 Å². The van der Waals surface area contributed by atoms with Crippen molar-refractivity contribution < 1.29 is 14.3 Å². The van der Waals surface area contributed by atoms with Crippen LogP contribution in [-0.2, 0) is 10.2 Å². The zero-order valence-corrected chi connectivity index (χ0v) is 11.5. The standard InChI is InChI=1S/C16H15NO3/c1-9-13(18)11-5-3-4-6-12(11)16-7-10(16)8-17(14(9)16)15(19)20-2/h3-6,10H,7-8H2,1-2H3. The summed E-state index contributed by atoms with van der Waals surface area (Å²) in [5, 5.41) is 0. The number of benzene rings is 1. The Bertz CT molecular complexity index is 691. The topological polar surface area (TPSA) is 46.6 Å². The molecule has 2 atom stereocenters. The fourth-order valence-electron chi connectivity index (χ4n) is 4.04. The van der Waals surface area contributed by atoms with Gasteiger partial charge < -0.3 is 4.74 Å². The average Bonchev–Trinajstić information content (AvgIpc) is 3.09. The van der Waals surface area contributed by atoms with E-state index in [0.717, 1.165) is 23.2 Å². The van der Waals surface area contributed by atoms with Crippen molar-refractivity contribution in [3.05, 3.63) is 46.7 Å². The van der Waals surface area contributed by atoms with Crippen LogP contribution in [0.2, 0.25) is 0 Å². The van der Waals surface area contributed by atoms with Gasteiger partial charge >= 0.3 is 6.09 Å². The second kappa shape index (κ2) is 3.51. The smallest absolute Gasteiger partial charge is 0.413 e. The molecule has 1 amide bonds. The Kier molecular flexibility index (Phi) is 2.05. The number of fused-ring (bicyclic) bond motifs is 1. The van der Waals surface area contributed by atoms with Crippen LogP contribution in [-0.4, -0.2) is 30.4 Å². The molecule has 1 saturated heterocycles. The van der Waals surface area contributed by atoms with Crippen molar-refractivity contribution in [3.63, 3.8) is 0 Å². The Morgan fingerprint density at radius 3 is 2.90 bits per heavy atom. The Balaban J connectivity index is 1.95. The summed E-state index contributed by atoms with van der Waals surface area (Å²) < 4.78 is 4.86. The summed E-state index contributed by atoms with van der Waals surface area (Å²) in [4.78, 5) is 26.1. The normalized spacial score (nSPS) is 29.8. The molecule has 102 valence electrons. The number of amides is 1. The van der Waals surface area contributed by atoms with Gasteiger partial charge in [-0.1, -0.05) is 24.3 Å². The molecule has 2 fully saturated rings. The Morgan fingerprint density at radius 1 is 1.40 bits per heavy atom. The van der Waals surface area contributed by atoms with E-state index in [0.29, 0.717) is 18.0 Å². The van der Waals surface area contributed by atoms with Gasteiger partial charge in [-0.05, 0) is 24.8 Å². The highest BCUT2D eigenvalue weighted by Gasteiger charge is 2.68. The number of rotatable bonds is 0. The number of methoxy groups -OCH3 is 1. The molecule has 1 aliphatic heterocycles. The lowest BCUT2D eigenvalue weighted by Crippen LogP contribution is -2.35. The quantitative estimate of drug-likeness (QED) is 0.727. The zero-order chi connectivity index (χ0) is 14.1. The van der Waals surface area contributed by atoms with Crippen LogP contribution in [0.25, 0.3) is 0 Å². The van der Waals surface area contributed by atoms with Gasteiger partial charge in [0.25, 0.3) is 0 Å². The molecule has 0 radical (unpaired) electrons. The van der Waals surface area contributed by atoms with Crippen molar-refractivity contribution in [2.24, 2.45) is 5.92 Å². The highest BCUT2D eigenvalue weighted by Crippen LogP contribution is 2.67. The summed E-state index contributed by atoms with van der Waals surface area (Å²) in [5.74, 6) is 0.448. The molecule has 4 heteroatoms. The van der Waals surface area contributed by atoms with E-state index in [9.17, 15) is 9.59 Å². The summed E-state index contributed by atoms with van der Waals surface area (Å²) in [6.45, 7) is 2.48. The first-order valence-corrected chi connectivity index (χ1v) is 6.82. The number of Topliss-reactive ketones (excluding diaryl/α,β-unsaturated/α-hetero) is 1. The van der Waals surface area contributed by atoms with Gasteiger partial charge in [0.1, 0.15) is 0 Å². The third kappa shape index (κ3) is 1.13. The molecule has 0 N–H and O–H groups in total. The van der Waals surface area contributed by atoms with Gasteiger partial charge in [-0.3, -0.25) is 9.69 Å². The SMILES string of the molecule is COC(=O)N1CC2CC23C1=C(C)C(=O)c1ccccc13. The van der Waals surface area contributed by atoms with E-state index in [1.165, 1.54) is 7.11 Å². The van der Waals surface area contributed by atoms with E-state index < -0.39 is 0 Å². The fraction of sp³-hybridized carbons (Fsp3) is 0.375. The first-order chi connectivity index (χ1) is 9.61. The third-order valence-corrected chi connectivity index (χ3v) is 4.94. The number of piperidine rings is 1. The molecule has 1 aromatic rings. The molecule has 1 spiro atoms. The molecule has 4 rings (SSSR count). The monoisotopic (exact) mass is 269 g/mol. The molecule has 20 heavy (non-hydrogen) atoms. The second-order valence-corrected chi connectivity index (χ2v) is 5.80. The van der Waals surface area contributed by atoms with Crippen LogP contribution < -0.4 is 0 Å². The van der Waals surface area contributed by atoms with Crippen LogP contribution in [0.5, 0.6) is 0 Å². The number of carbonyl (C=O) groups is 2. The fourth-order valence-corrected chi connectivity index (χ4v) is 4.04. The lowest BCUT2D eigenvalue weighted by Gasteiger charge is -2.31. The molecule has 1 heterocycles. The lowest BCUT2D eigenvalue weighted by atomic mass is 9.78. The highest BCUT2D eigenvalue weighted by molar-refractivity contribution is 6.12. The summed E-state index contributed by atoms with van der Waals surface area (Å²) >= 11 is 0. The Morgan fingerprint density at radius 2 is 2.15 bits per heavy atom. The summed E-state index contributed by atoms with van der Waals surface area (Å²) in [5.41, 5.74) is 3.32. The Labute approximate surface area is 117 Å². The number of hydrogen-bond acceptors (Lipinski definition) is 3. The molecule has 2 unspecified atom stereocenters. The Hall–Kier alpha value is -2.10. The van der Waals surface area contributed by atoms with E-state index in [4.69, 9.17) is 4.74 Å². The maximum absolute atomic E-state index is 12.5. The molecule has 4 nitrogen and oxygen atoms in total. The first-order valence-electron chi connectivity index (χ1n) is 6.82. The molecule has 0 bridgehead atoms. The largest absolute Gasteiger partial charge is 0.452 e. The second-order valence-electron chi connectivity index (χ2n) is 5.80. The van der Waals surface area contributed by atoms with Gasteiger partial charge in [0.05, 0.1) is 7.11 Å². The average molecular weight is 269 g/mol. The predicted octanol–water partition coefficient (Wildman–Crippen LogP) is 2.50. The maximum Gasteiger partial charge on any atom is 0.413 e. The summed E-state index contributed by atoms with van der Waals surface area (Å²) in [7, 11) is 1.38. The van der Waals surface area contributed by atoms with Gasteiger partial charge in [0.2, 0.25) is 0 Å². The van der Waals surface area contributed by atoms with Crippen molar-refractivity contribution in [1.29, 1.82) is 0 Å². The molecule has 3 aliphatic rings. The van der Waals surface area contributed by atoms with E-state index in [2.05, 4.69) is 0 Å². The lowest BCUT2D eigenvalue weighted by molar-refractivity contribution is 0.102. The highest BCUT2D eigenvalue weighted by atomic mass is 16.5. The van der Waals surface area contributed by atoms with Crippen LogP contribution in [0.4, 0.5) is 4.79 Å². The number of carbonyl (C=O) groups excluding carboxylic acids is 2. The van der Waals surface area contributed by atoms with Crippen molar-refractivity contribution in [1.82, 2.24) is 4.90 Å². The molecular weight excluding hydrogens is 254 g/mol. The number of ketones is 1. The van der Waals surface area contributed by atoms with Crippen molar-refractivity contribution in [2.75, 3.05) is 13.7 Å². The van der Waals surface area contributed by atoms with Crippen molar-refractivity contribution >= 4 is 11.9 Å². The molecule has 0 aromatic heterocycles. The van der Waals surface area contributed by atoms with Crippen LogP contribution in [0.3, 0.4) is 0 Å². The molecule has 2 aliphatic carbocycles. The van der Waals surface area contributed by atoms with E-state index >= 15 is 0 Å². The van der Waals surface area contributed by atoms with Gasteiger partial charge in [0.15, 0.2) is 5.78 Å². The van der Waals surface area contributed by atoms with Crippen molar-refractivity contribution in [3.8, 4) is 0 Å². The number of ether oxygens (including phenoxy) is 1. The third-order valence-electron chi connectivity index (χ3n) is 4.94. The van der Waals surface area contributed by atoms with Crippen LogP contribution in [0.1, 0.15) is 29.3 Å². The minimum Gasteiger partial charge on any atom is -0.452 e. The van der Waals surface area contributed by atoms with E-state index in [-0.39, 0.29) is 17.3 Å². The van der Waals surface area contributed by atoms with Crippen molar-refractivity contribution in [2.45, 2.75) is 18.8 Å². The first kappa shape index (κ1) is 11.7. The molecule has 1 aromatic carbocycles. The molecular formula is C16H15NO3.